The van der Waals surface area contributed by atoms with Crippen molar-refractivity contribution in [1.29, 1.82) is 0 Å². The molecule has 1 aromatic carbocycles. The molecule has 2 aliphatic heterocycles. The van der Waals surface area contributed by atoms with Gasteiger partial charge in [-0.05, 0) is 44.7 Å². The van der Waals surface area contributed by atoms with Crippen LogP contribution in [0.4, 0.5) is 5.69 Å². The number of carbonyl (C=O) groups is 1. The largest absolute Gasteiger partial charge is 0.507 e. The normalized spacial score (nSPS) is 28.9. The average molecular weight is 303 g/mol. The summed E-state index contributed by atoms with van der Waals surface area (Å²) in [5, 5.41) is 12.9. The van der Waals surface area contributed by atoms with Crippen LogP contribution in [-0.4, -0.2) is 40.6 Å². The summed E-state index contributed by atoms with van der Waals surface area (Å²) < 4.78 is 0. The van der Waals surface area contributed by atoms with Gasteiger partial charge in [-0.3, -0.25) is 9.69 Å². The summed E-state index contributed by atoms with van der Waals surface area (Å²) in [7, 11) is 0. The molecule has 1 amide bonds. The number of nitrogens with two attached hydrogens (primary N) is 1. The first-order valence-corrected chi connectivity index (χ1v) is 8.19. The Balaban J connectivity index is 1.63. The van der Waals surface area contributed by atoms with Gasteiger partial charge in [0.1, 0.15) is 5.75 Å². The zero-order valence-corrected chi connectivity index (χ0v) is 13.1. The minimum Gasteiger partial charge on any atom is -0.507 e. The minimum atomic E-state index is -0.209. The van der Waals surface area contributed by atoms with E-state index in [2.05, 4.69) is 17.1 Å². The first kappa shape index (κ1) is 15.2. The summed E-state index contributed by atoms with van der Waals surface area (Å²) in [5.74, 6) is -0.263. The monoisotopic (exact) mass is 303 g/mol. The number of amides is 1. The molecule has 22 heavy (non-hydrogen) atoms. The molecule has 1 aromatic rings. The highest BCUT2D eigenvalue weighted by molar-refractivity contribution is 5.97. The molecule has 0 radical (unpaired) electrons. The third kappa shape index (κ3) is 3.04. The topological polar surface area (TPSA) is 78.6 Å². The highest BCUT2D eigenvalue weighted by Crippen LogP contribution is 2.30. The van der Waals surface area contributed by atoms with Crippen molar-refractivity contribution in [2.75, 3.05) is 12.3 Å². The van der Waals surface area contributed by atoms with Crippen LogP contribution in [0, 0.1) is 0 Å². The zero-order valence-electron chi connectivity index (χ0n) is 13.1. The van der Waals surface area contributed by atoms with E-state index in [-0.39, 0.29) is 17.7 Å². The van der Waals surface area contributed by atoms with Crippen molar-refractivity contribution in [3.8, 4) is 5.75 Å². The van der Waals surface area contributed by atoms with Gasteiger partial charge in [-0.25, -0.2) is 0 Å². The van der Waals surface area contributed by atoms with E-state index in [1.807, 2.05) is 0 Å². The number of hydrogen-bond donors (Lipinski definition) is 3. The van der Waals surface area contributed by atoms with Crippen LogP contribution >= 0.6 is 0 Å². The number of rotatable bonds is 2. The molecule has 0 bridgehead atoms. The van der Waals surface area contributed by atoms with Crippen molar-refractivity contribution in [3.63, 3.8) is 0 Å². The molecule has 0 spiro atoms. The molecule has 2 saturated heterocycles. The van der Waals surface area contributed by atoms with Crippen molar-refractivity contribution in [1.82, 2.24) is 10.2 Å². The number of benzene rings is 1. The standard InChI is InChI=1S/C17H25N3O2/c1-11-3-2-4-14-10-13(7-8-20(11)14)19-17(22)15-6-5-12(18)9-16(15)21/h5-6,9,11,13-14,21H,2-4,7-8,10,18H2,1H3,(H,19,22)/t11-,13+,14-/m1/s1. The van der Waals surface area contributed by atoms with E-state index in [4.69, 9.17) is 5.73 Å². The van der Waals surface area contributed by atoms with Crippen LogP contribution in [0.25, 0.3) is 0 Å². The van der Waals surface area contributed by atoms with Crippen LogP contribution in [0.1, 0.15) is 49.4 Å². The molecule has 5 heteroatoms. The Morgan fingerprint density at radius 2 is 2.18 bits per heavy atom. The van der Waals surface area contributed by atoms with Gasteiger partial charge in [0.05, 0.1) is 5.56 Å². The third-order valence-electron chi connectivity index (χ3n) is 5.09. The number of anilines is 1. The fourth-order valence-corrected chi connectivity index (χ4v) is 3.88. The van der Waals surface area contributed by atoms with Crippen LogP contribution in [0.3, 0.4) is 0 Å². The van der Waals surface area contributed by atoms with Crippen LogP contribution in [0.2, 0.25) is 0 Å². The van der Waals surface area contributed by atoms with E-state index >= 15 is 0 Å². The molecule has 3 rings (SSSR count). The number of hydrogen-bond acceptors (Lipinski definition) is 4. The minimum absolute atomic E-state index is 0.0544. The van der Waals surface area contributed by atoms with Gasteiger partial charge in [0.2, 0.25) is 0 Å². The Hall–Kier alpha value is -1.75. The molecular formula is C17H25N3O2. The fraction of sp³-hybridized carbons (Fsp3) is 0.588. The maximum absolute atomic E-state index is 12.3. The van der Waals surface area contributed by atoms with Gasteiger partial charge in [0.15, 0.2) is 0 Å². The van der Waals surface area contributed by atoms with Crippen molar-refractivity contribution < 1.29 is 9.90 Å². The molecule has 120 valence electrons. The van der Waals surface area contributed by atoms with Crippen molar-refractivity contribution in [2.24, 2.45) is 0 Å². The Morgan fingerprint density at radius 3 is 2.95 bits per heavy atom. The number of carbonyl (C=O) groups excluding carboxylic acids is 1. The van der Waals surface area contributed by atoms with Gasteiger partial charge in [0.25, 0.3) is 5.91 Å². The van der Waals surface area contributed by atoms with Gasteiger partial charge in [-0.2, -0.15) is 0 Å². The Bertz CT molecular complexity index is 561. The number of nitrogens with zero attached hydrogens (tertiary/aromatic N) is 1. The van der Waals surface area contributed by atoms with Crippen LogP contribution in [0.5, 0.6) is 5.75 Å². The highest BCUT2D eigenvalue weighted by atomic mass is 16.3. The summed E-state index contributed by atoms with van der Waals surface area (Å²) in [5.41, 5.74) is 6.36. The predicted octanol–water partition coefficient (Wildman–Crippen LogP) is 2.11. The van der Waals surface area contributed by atoms with Gasteiger partial charge in [0, 0.05) is 36.4 Å². The lowest BCUT2D eigenvalue weighted by atomic mass is 9.87. The Labute approximate surface area is 131 Å². The molecular weight excluding hydrogens is 278 g/mol. The number of piperidine rings is 2. The van der Waals surface area contributed by atoms with Crippen LogP contribution in [-0.2, 0) is 0 Å². The van der Waals surface area contributed by atoms with Crippen molar-refractivity contribution in [3.05, 3.63) is 23.8 Å². The SMILES string of the molecule is C[C@@H]1CCC[C@@H]2C[C@@H](NC(=O)c3ccc(N)cc3O)CCN21. The summed E-state index contributed by atoms with van der Waals surface area (Å²) in [4.78, 5) is 14.9. The lowest BCUT2D eigenvalue weighted by molar-refractivity contribution is 0.0457. The first-order chi connectivity index (χ1) is 10.5. The molecule has 4 N–H and O–H groups in total. The van der Waals surface area contributed by atoms with Gasteiger partial charge in [-0.1, -0.05) is 6.42 Å². The smallest absolute Gasteiger partial charge is 0.255 e. The third-order valence-corrected chi connectivity index (χ3v) is 5.09. The molecule has 2 heterocycles. The van der Waals surface area contributed by atoms with Crippen molar-refractivity contribution in [2.45, 2.75) is 57.2 Å². The molecule has 0 aromatic heterocycles. The number of phenolic OH excluding ortho intramolecular Hbond substituents is 1. The second-order valence-electron chi connectivity index (χ2n) is 6.64. The molecule has 0 unspecified atom stereocenters. The maximum Gasteiger partial charge on any atom is 0.255 e. The van der Waals surface area contributed by atoms with Crippen LogP contribution in [0.15, 0.2) is 18.2 Å². The van der Waals surface area contributed by atoms with Gasteiger partial charge >= 0.3 is 0 Å². The van der Waals surface area contributed by atoms with E-state index in [0.717, 1.165) is 19.4 Å². The Kier molecular flexibility index (Phi) is 4.25. The summed E-state index contributed by atoms with van der Waals surface area (Å²) in [6.07, 6.45) is 5.77. The van der Waals surface area contributed by atoms with Crippen molar-refractivity contribution >= 4 is 11.6 Å². The lowest BCUT2D eigenvalue weighted by Crippen LogP contribution is -2.54. The quantitative estimate of drug-likeness (QED) is 0.731. The number of aromatic hydroxyl groups is 1. The molecule has 2 aliphatic rings. The number of fused-ring (bicyclic) bond motifs is 1. The Morgan fingerprint density at radius 1 is 1.36 bits per heavy atom. The number of nitrogens with one attached hydrogen (secondary N) is 1. The number of nitrogen functional groups attached to an aromatic ring is 1. The first-order valence-electron chi connectivity index (χ1n) is 8.19. The summed E-state index contributed by atoms with van der Waals surface area (Å²) >= 11 is 0. The lowest BCUT2D eigenvalue weighted by Gasteiger charge is -2.46. The van der Waals surface area contributed by atoms with Gasteiger partial charge < -0.3 is 16.2 Å². The second kappa shape index (κ2) is 6.16. The maximum atomic E-state index is 12.3. The van der Waals surface area contributed by atoms with Gasteiger partial charge in [-0.15, -0.1) is 0 Å². The van der Waals surface area contributed by atoms with E-state index < -0.39 is 0 Å². The van der Waals surface area contributed by atoms with E-state index in [0.29, 0.717) is 23.3 Å². The summed E-state index contributed by atoms with van der Waals surface area (Å²) in [6.45, 7) is 3.35. The zero-order chi connectivity index (χ0) is 15.7. The van der Waals surface area contributed by atoms with E-state index in [9.17, 15) is 9.90 Å². The number of phenols is 1. The molecule has 2 fully saturated rings. The molecule has 5 nitrogen and oxygen atoms in total. The van der Waals surface area contributed by atoms with Crippen LogP contribution < -0.4 is 11.1 Å². The molecule has 0 saturated carbocycles. The predicted molar refractivity (Wildman–Crippen MR) is 86.8 cm³/mol. The molecule has 0 aliphatic carbocycles. The average Bonchev–Trinajstić information content (AvgIpc) is 2.47. The van der Waals surface area contributed by atoms with E-state index in [1.54, 1.807) is 12.1 Å². The second-order valence-corrected chi connectivity index (χ2v) is 6.64. The molecule has 3 atom stereocenters. The summed E-state index contributed by atoms with van der Waals surface area (Å²) in [6, 6.07) is 6.08. The highest BCUT2D eigenvalue weighted by Gasteiger charge is 2.34. The van der Waals surface area contributed by atoms with E-state index in [1.165, 1.54) is 25.3 Å². The fourth-order valence-electron chi connectivity index (χ4n) is 3.88.